The fourth-order valence-corrected chi connectivity index (χ4v) is 5.30. The van der Waals surface area contributed by atoms with Crippen molar-refractivity contribution in [3.05, 3.63) is 48.3 Å². The van der Waals surface area contributed by atoms with Gasteiger partial charge in [-0.25, -0.2) is 4.68 Å². The third-order valence-corrected chi connectivity index (χ3v) is 7.25. The summed E-state index contributed by atoms with van der Waals surface area (Å²) in [5.41, 5.74) is -0.321. The minimum Gasteiger partial charge on any atom is -0.337 e. The molecule has 0 saturated heterocycles. The Kier molecular flexibility index (Phi) is 13.6. The lowest BCUT2D eigenvalue weighted by Crippen LogP contribution is -2.33. The molecule has 1 heterocycles. The molecule has 0 unspecified atom stereocenters. The molecule has 2 aromatic rings. The zero-order valence-corrected chi connectivity index (χ0v) is 23.8. The number of H-pyrrole nitrogens is 1. The van der Waals surface area contributed by atoms with E-state index in [9.17, 15) is 9.59 Å². The number of nitrogens with zero attached hydrogens (tertiary/aromatic N) is 2. The Labute approximate surface area is 229 Å². The van der Waals surface area contributed by atoms with E-state index in [1.165, 1.54) is 50.7 Å². The smallest absolute Gasteiger partial charge is 0.290 e. The van der Waals surface area contributed by atoms with Gasteiger partial charge in [-0.15, -0.1) is 0 Å². The Morgan fingerprint density at radius 3 is 1.74 bits per heavy atom. The van der Waals surface area contributed by atoms with Gasteiger partial charge in [-0.1, -0.05) is 124 Å². The van der Waals surface area contributed by atoms with Crippen LogP contribution in [-0.2, 0) is 0 Å². The Morgan fingerprint density at radius 2 is 1.26 bits per heavy atom. The highest BCUT2D eigenvalue weighted by Crippen LogP contribution is 2.31. The largest absolute Gasteiger partial charge is 0.337 e. The normalized spacial score (nSPS) is 11.3. The van der Waals surface area contributed by atoms with Gasteiger partial charge in [0.05, 0.1) is 10.0 Å². The molecule has 0 radical (unpaired) electrons. The Morgan fingerprint density at radius 1 is 0.800 bits per heavy atom. The molecule has 5 nitrogen and oxygen atoms in total. The molecule has 1 amide bonds. The van der Waals surface area contributed by atoms with Crippen LogP contribution in [0.15, 0.2) is 16.9 Å². The van der Waals surface area contributed by atoms with Gasteiger partial charge in [-0.2, -0.15) is 0 Å². The highest BCUT2D eigenvalue weighted by atomic mass is 35.5. The lowest BCUT2D eigenvalue weighted by molar-refractivity contribution is 0.0743. The molecule has 1 N–H and O–H groups in total. The summed E-state index contributed by atoms with van der Waals surface area (Å²) in [4.78, 5) is 28.2. The quantitative estimate of drug-likeness (QED) is 0.207. The van der Waals surface area contributed by atoms with Crippen molar-refractivity contribution in [2.45, 2.75) is 90.9 Å². The number of hydrogen-bond acceptors (Lipinski definition) is 2. The summed E-state index contributed by atoms with van der Waals surface area (Å²) in [5.74, 6) is -0.283. The number of carbonyl (C=O) groups is 1. The number of unbranched alkanes of at least 4 members (excludes halogenated alkanes) is 10. The lowest BCUT2D eigenvalue weighted by Gasteiger charge is -2.22. The maximum atomic E-state index is 13.5. The number of benzene rings is 1. The summed E-state index contributed by atoms with van der Waals surface area (Å²) in [6.45, 7) is 5.65. The van der Waals surface area contributed by atoms with Crippen LogP contribution in [0.1, 0.15) is 101 Å². The van der Waals surface area contributed by atoms with Crippen LogP contribution in [-0.4, -0.2) is 33.7 Å². The molecule has 0 atom stereocenters. The SMILES string of the molecule is CCCCCCCCN(CCCCCCCC)C(=O)c1[nH]n(-c2c(Cl)cc(Cl)cc2Cl)c(=O)c1Cl. The molecule has 9 heteroatoms. The van der Waals surface area contributed by atoms with Gasteiger partial charge in [0, 0.05) is 18.1 Å². The number of aromatic nitrogens is 2. The predicted molar refractivity (Wildman–Crippen MR) is 149 cm³/mol. The molecular weight excluding hydrogens is 528 g/mol. The highest BCUT2D eigenvalue weighted by molar-refractivity contribution is 6.40. The van der Waals surface area contributed by atoms with E-state index in [2.05, 4.69) is 18.9 Å². The maximum absolute atomic E-state index is 13.5. The van der Waals surface area contributed by atoms with Crippen molar-refractivity contribution in [2.24, 2.45) is 0 Å². The zero-order chi connectivity index (χ0) is 25.8. The van der Waals surface area contributed by atoms with Crippen LogP contribution in [0.25, 0.3) is 5.69 Å². The molecule has 196 valence electrons. The third kappa shape index (κ3) is 9.03. The Balaban J connectivity index is 2.19. The fourth-order valence-electron chi connectivity index (χ4n) is 4.10. The van der Waals surface area contributed by atoms with Crippen molar-refractivity contribution in [1.29, 1.82) is 0 Å². The molecule has 0 aliphatic heterocycles. The van der Waals surface area contributed by atoms with Gasteiger partial charge in [0.15, 0.2) is 0 Å². The lowest BCUT2D eigenvalue weighted by atomic mass is 10.1. The van der Waals surface area contributed by atoms with E-state index in [1.807, 2.05) is 4.90 Å². The van der Waals surface area contributed by atoms with E-state index in [4.69, 9.17) is 46.4 Å². The van der Waals surface area contributed by atoms with E-state index >= 15 is 0 Å². The monoisotopic (exact) mass is 563 g/mol. The van der Waals surface area contributed by atoms with Crippen LogP contribution in [0.3, 0.4) is 0 Å². The molecule has 0 fully saturated rings. The van der Waals surface area contributed by atoms with E-state index in [-0.39, 0.29) is 32.4 Å². The predicted octanol–water partition coefficient (Wildman–Crippen LogP) is 8.94. The topological polar surface area (TPSA) is 58.1 Å². The van der Waals surface area contributed by atoms with Crippen molar-refractivity contribution < 1.29 is 4.79 Å². The van der Waals surface area contributed by atoms with Crippen LogP contribution < -0.4 is 5.56 Å². The van der Waals surface area contributed by atoms with E-state index < -0.39 is 5.56 Å². The molecule has 0 aliphatic carbocycles. The van der Waals surface area contributed by atoms with Crippen LogP contribution in [0.5, 0.6) is 0 Å². The molecule has 1 aromatic heterocycles. The minimum atomic E-state index is -0.583. The summed E-state index contributed by atoms with van der Waals surface area (Å²) < 4.78 is 1.12. The van der Waals surface area contributed by atoms with Crippen molar-refractivity contribution in [1.82, 2.24) is 14.7 Å². The Bertz CT molecular complexity index is 964. The fraction of sp³-hybridized carbons (Fsp3) is 0.615. The average Bonchev–Trinajstić information content (AvgIpc) is 3.10. The van der Waals surface area contributed by atoms with Gasteiger partial charge in [0.2, 0.25) is 0 Å². The van der Waals surface area contributed by atoms with Gasteiger partial charge in [0.25, 0.3) is 11.5 Å². The second kappa shape index (κ2) is 15.9. The summed E-state index contributed by atoms with van der Waals surface area (Å²) in [6.07, 6.45) is 13.6. The van der Waals surface area contributed by atoms with Crippen LogP contribution >= 0.6 is 46.4 Å². The number of halogens is 4. The first kappa shape index (κ1) is 30.1. The van der Waals surface area contributed by atoms with E-state index in [0.29, 0.717) is 18.1 Å². The zero-order valence-electron chi connectivity index (χ0n) is 20.8. The first-order chi connectivity index (χ1) is 16.8. The average molecular weight is 565 g/mol. The van der Waals surface area contributed by atoms with Gasteiger partial charge >= 0.3 is 0 Å². The van der Waals surface area contributed by atoms with Gasteiger partial charge in [0.1, 0.15) is 16.4 Å². The highest BCUT2D eigenvalue weighted by Gasteiger charge is 2.25. The summed E-state index contributed by atoms with van der Waals surface area (Å²) in [5, 5.41) is 3.38. The van der Waals surface area contributed by atoms with Crippen molar-refractivity contribution in [3.63, 3.8) is 0 Å². The number of amides is 1. The molecule has 0 aliphatic rings. The minimum absolute atomic E-state index is 0.0516. The second-order valence-electron chi connectivity index (χ2n) is 8.99. The van der Waals surface area contributed by atoms with Crippen LogP contribution in [0.4, 0.5) is 0 Å². The van der Waals surface area contributed by atoms with Crippen LogP contribution in [0.2, 0.25) is 20.1 Å². The Hall–Kier alpha value is -1.14. The maximum Gasteiger partial charge on any atom is 0.290 e. The van der Waals surface area contributed by atoms with Gasteiger partial charge in [-0.3, -0.25) is 14.7 Å². The number of carbonyl (C=O) groups excluding carboxylic acids is 1. The summed E-state index contributed by atoms with van der Waals surface area (Å²) in [7, 11) is 0. The van der Waals surface area contributed by atoms with Gasteiger partial charge in [-0.05, 0) is 25.0 Å². The first-order valence-corrected chi connectivity index (χ1v) is 14.3. The first-order valence-electron chi connectivity index (χ1n) is 12.8. The van der Waals surface area contributed by atoms with E-state index in [1.54, 1.807) is 0 Å². The number of hydrogen-bond donors (Lipinski definition) is 1. The molecule has 0 spiro atoms. The van der Waals surface area contributed by atoms with E-state index in [0.717, 1.165) is 43.2 Å². The standard InChI is InChI=1S/C26H37Cl4N3O2/c1-3-5-7-9-11-13-15-32(16-14-12-10-8-6-4-2)26(35)23-22(30)25(34)33(31-23)24-20(28)17-19(27)18-21(24)29/h17-18,31H,3-16H2,1-2H3. The molecule has 35 heavy (non-hydrogen) atoms. The summed E-state index contributed by atoms with van der Waals surface area (Å²) >= 11 is 25.0. The molecule has 2 rings (SSSR count). The molecule has 1 aromatic carbocycles. The number of rotatable bonds is 16. The molecule has 0 saturated carbocycles. The van der Waals surface area contributed by atoms with Crippen molar-refractivity contribution in [3.8, 4) is 5.69 Å². The van der Waals surface area contributed by atoms with Crippen LogP contribution in [0, 0.1) is 0 Å². The van der Waals surface area contributed by atoms with Crippen molar-refractivity contribution >= 4 is 52.3 Å². The number of nitrogens with one attached hydrogen (secondary N) is 1. The van der Waals surface area contributed by atoms with Gasteiger partial charge < -0.3 is 4.90 Å². The van der Waals surface area contributed by atoms with Crippen molar-refractivity contribution in [2.75, 3.05) is 13.1 Å². The molecular formula is C26H37Cl4N3O2. The second-order valence-corrected chi connectivity index (χ2v) is 10.6. The summed E-state index contributed by atoms with van der Waals surface area (Å²) in [6, 6.07) is 2.97. The third-order valence-electron chi connectivity index (χ3n) is 6.10. The molecule has 0 bridgehead atoms. The number of aromatic amines is 1.